The Balaban J connectivity index is 1.89. The first-order valence-corrected chi connectivity index (χ1v) is 5.65. The topological polar surface area (TPSA) is 98.4 Å². The van der Waals surface area contributed by atoms with Crippen LogP contribution in [0.4, 0.5) is 0 Å². The summed E-state index contributed by atoms with van der Waals surface area (Å²) in [5, 5.41) is 11.1. The van der Waals surface area contributed by atoms with Gasteiger partial charge in [-0.3, -0.25) is 0 Å². The van der Waals surface area contributed by atoms with Crippen molar-refractivity contribution >= 4 is 17.9 Å². The van der Waals surface area contributed by atoms with E-state index in [4.69, 9.17) is 16.3 Å². The highest BCUT2D eigenvalue weighted by molar-refractivity contribution is 6.04. The molecule has 0 atom stereocenters. The Labute approximate surface area is 105 Å². The summed E-state index contributed by atoms with van der Waals surface area (Å²) < 4.78 is 0. The molecule has 0 aromatic heterocycles. The fourth-order valence-corrected chi connectivity index (χ4v) is 1.79. The van der Waals surface area contributed by atoms with Gasteiger partial charge in [0.05, 0.1) is 11.9 Å². The molecule has 0 saturated heterocycles. The molecule has 18 heavy (non-hydrogen) atoms. The minimum absolute atomic E-state index is 0.0812. The van der Waals surface area contributed by atoms with Crippen molar-refractivity contribution in [3.05, 3.63) is 35.4 Å². The average molecular weight is 245 g/mol. The second-order valence-corrected chi connectivity index (χ2v) is 3.81. The van der Waals surface area contributed by atoms with E-state index in [0.717, 1.165) is 18.6 Å². The fourth-order valence-electron chi connectivity index (χ4n) is 1.79. The van der Waals surface area contributed by atoms with E-state index in [1.54, 1.807) is 0 Å². The summed E-state index contributed by atoms with van der Waals surface area (Å²) in [5.74, 6) is -0.0812. The Morgan fingerprint density at radius 2 is 2.11 bits per heavy atom. The van der Waals surface area contributed by atoms with E-state index in [1.807, 2.05) is 12.1 Å². The summed E-state index contributed by atoms with van der Waals surface area (Å²) in [6, 6.07) is 8.19. The van der Waals surface area contributed by atoms with Gasteiger partial charge in [0, 0.05) is 5.56 Å². The summed E-state index contributed by atoms with van der Waals surface area (Å²) in [6.07, 6.45) is 3.37. The van der Waals surface area contributed by atoms with Crippen molar-refractivity contribution in [2.45, 2.75) is 12.8 Å². The predicted molar refractivity (Wildman–Crippen MR) is 71.6 cm³/mol. The highest BCUT2D eigenvalue weighted by Gasteiger charge is 2.16. The third-order valence-electron chi connectivity index (χ3n) is 2.54. The van der Waals surface area contributed by atoms with Crippen LogP contribution in [0.2, 0.25) is 0 Å². The Morgan fingerprint density at radius 1 is 1.28 bits per heavy atom. The van der Waals surface area contributed by atoms with Gasteiger partial charge >= 0.3 is 0 Å². The van der Waals surface area contributed by atoms with Gasteiger partial charge in [-0.1, -0.05) is 29.4 Å². The van der Waals surface area contributed by atoms with Gasteiger partial charge in [0.1, 0.15) is 0 Å². The van der Waals surface area contributed by atoms with E-state index in [1.165, 1.54) is 17.3 Å². The molecule has 1 aromatic rings. The quantitative estimate of drug-likeness (QED) is 0.352. The first-order valence-electron chi connectivity index (χ1n) is 5.65. The number of benzene rings is 1. The van der Waals surface area contributed by atoms with Crippen molar-refractivity contribution in [2.75, 3.05) is 6.61 Å². The zero-order chi connectivity index (χ0) is 12.8. The maximum absolute atomic E-state index is 5.14. The Bertz CT molecular complexity index is 503. The SMILES string of the molecule is NC(N)=N/N=C/CO/N=C1/CCc2ccccc21. The lowest BCUT2D eigenvalue weighted by molar-refractivity contribution is 0.187. The fraction of sp³-hybridized carbons (Fsp3) is 0.250. The Hall–Kier alpha value is -2.37. The summed E-state index contributed by atoms with van der Waals surface area (Å²) in [6.45, 7) is 0.239. The highest BCUT2D eigenvalue weighted by Crippen LogP contribution is 2.21. The van der Waals surface area contributed by atoms with Gasteiger partial charge in [-0.25, -0.2) is 0 Å². The molecule has 0 saturated carbocycles. The van der Waals surface area contributed by atoms with E-state index < -0.39 is 0 Å². The van der Waals surface area contributed by atoms with Gasteiger partial charge in [-0.15, -0.1) is 5.10 Å². The van der Waals surface area contributed by atoms with Crippen LogP contribution >= 0.6 is 0 Å². The predicted octanol–water partition coefficient (Wildman–Crippen LogP) is 0.613. The summed E-state index contributed by atoms with van der Waals surface area (Å²) in [5.41, 5.74) is 13.7. The van der Waals surface area contributed by atoms with Crippen LogP contribution in [0.3, 0.4) is 0 Å². The summed E-state index contributed by atoms with van der Waals surface area (Å²) in [7, 11) is 0. The number of oxime groups is 1. The third kappa shape index (κ3) is 3.07. The van der Waals surface area contributed by atoms with Crippen molar-refractivity contribution in [1.29, 1.82) is 0 Å². The van der Waals surface area contributed by atoms with Crippen LogP contribution in [-0.2, 0) is 11.3 Å². The largest absolute Gasteiger partial charge is 0.390 e. The van der Waals surface area contributed by atoms with Crippen molar-refractivity contribution < 1.29 is 4.84 Å². The molecular formula is C12H15N5O. The number of rotatable bonds is 4. The Morgan fingerprint density at radius 3 is 2.94 bits per heavy atom. The standard InChI is InChI=1S/C12H15N5O/c13-12(14)16-15-7-8-18-17-11-6-5-9-3-1-2-4-10(9)11/h1-4,7H,5-6,8H2,(H4,13,14,16)/b15-7+,17-11-. The number of nitrogens with zero attached hydrogens (tertiary/aromatic N) is 3. The van der Waals surface area contributed by atoms with Crippen molar-refractivity contribution in [3.63, 3.8) is 0 Å². The van der Waals surface area contributed by atoms with E-state index in [-0.39, 0.29) is 12.6 Å². The molecule has 6 nitrogen and oxygen atoms in total. The van der Waals surface area contributed by atoms with Crippen LogP contribution in [0.15, 0.2) is 39.6 Å². The monoisotopic (exact) mass is 245 g/mol. The molecule has 4 N–H and O–H groups in total. The zero-order valence-electron chi connectivity index (χ0n) is 9.91. The van der Waals surface area contributed by atoms with Crippen molar-refractivity contribution in [3.8, 4) is 0 Å². The molecule has 2 rings (SSSR count). The van der Waals surface area contributed by atoms with Gasteiger partial charge in [0.25, 0.3) is 0 Å². The van der Waals surface area contributed by atoms with Crippen LogP contribution < -0.4 is 11.5 Å². The summed E-state index contributed by atoms with van der Waals surface area (Å²) >= 11 is 0. The van der Waals surface area contributed by atoms with Gasteiger partial charge in [0.2, 0.25) is 5.96 Å². The number of aryl methyl sites for hydroxylation is 1. The second-order valence-electron chi connectivity index (χ2n) is 3.81. The average Bonchev–Trinajstić information content (AvgIpc) is 2.77. The van der Waals surface area contributed by atoms with Crippen LogP contribution in [0.25, 0.3) is 0 Å². The molecule has 0 radical (unpaired) electrons. The lowest BCUT2D eigenvalue weighted by Gasteiger charge is -1.99. The molecule has 0 unspecified atom stereocenters. The maximum Gasteiger partial charge on any atom is 0.211 e. The van der Waals surface area contributed by atoms with Gasteiger partial charge in [0.15, 0.2) is 6.61 Å². The molecular weight excluding hydrogens is 230 g/mol. The first kappa shape index (κ1) is 12.1. The Kier molecular flexibility index (Phi) is 3.90. The van der Waals surface area contributed by atoms with E-state index in [9.17, 15) is 0 Å². The van der Waals surface area contributed by atoms with Gasteiger partial charge in [-0.2, -0.15) is 5.10 Å². The van der Waals surface area contributed by atoms with Crippen molar-refractivity contribution in [1.82, 2.24) is 0 Å². The molecule has 0 heterocycles. The second kappa shape index (κ2) is 5.81. The molecule has 1 aliphatic carbocycles. The van der Waals surface area contributed by atoms with E-state index in [2.05, 4.69) is 27.5 Å². The molecule has 6 heteroatoms. The molecule has 1 aliphatic rings. The molecule has 0 fully saturated rings. The molecule has 0 bridgehead atoms. The van der Waals surface area contributed by atoms with Crippen LogP contribution in [-0.4, -0.2) is 24.5 Å². The van der Waals surface area contributed by atoms with Gasteiger partial charge < -0.3 is 16.3 Å². The van der Waals surface area contributed by atoms with E-state index in [0.29, 0.717) is 0 Å². The smallest absolute Gasteiger partial charge is 0.211 e. The maximum atomic E-state index is 5.14. The lowest BCUT2D eigenvalue weighted by atomic mass is 10.1. The van der Waals surface area contributed by atoms with Crippen molar-refractivity contribution in [2.24, 2.45) is 26.8 Å². The molecule has 0 aliphatic heterocycles. The lowest BCUT2D eigenvalue weighted by Crippen LogP contribution is -2.21. The van der Waals surface area contributed by atoms with Crippen LogP contribution in [0.5, 0.6) is 0 Å². The third-order valence-corrected chi connectivity index (χ3v) is 2.54. The number of guanidine groups is 1. The van der Waals surface area contributed by atoms with Crippen LogP contribution in [0, 0.1) is 0 Å². The van der Waals surface area contributed by atoms with Gasteiger partial charge in [-0.05, 0) is 18.4 Å². The van der Waals surface area contributed by atoms with Crippen LogP contribution in [0.1, 0.15) is 17.5 Å². The number of hydrogen-bond acceptors (Lipinski definition) is 4. The molecule has 1 aromatic carbocycles. The molecule has 0 spiro atoms. The minimum Gasteiger partial charge on any atom is -0.390 e. The number of hydrogen-bond donors (Lipinski definition) is 2. The summed E-state index contributed by atoms with van der Waals surface area (Å²) in [4.78, 5) is 5.14. The minimum atomic E-state index is -0.0812. The first-order chi connectivity index (χ1) is 8.77. The number of nitrogens with two attached hydrogens (primary N) is 2. The number of fused-ring (bicyclic) bond motifs is 1. The molecule has 94 valence electrons. The molecule has 0 amide bonds. The van der Waals surface area contributed by atoms with E-state index >= 15 is 0 Å². The highest BCUT2D eigenvalue weighted by atomic mass is 16.6. The normalized spacial score (nSPS) is 15.9. The zero-order valence-corrected chi connectivity index (χ0v) is 9.91.